The Morgan fingerprint density at radius 2 is 1.54 bits per heavy atom. The van der Waals surface area contributed by atoms with Gasteiger partial charge in [0.2, 0.25) is 0 Å². The first-order valence-electron chi connectivity index (χ1n) is 7.52. The Morgan fingerprint density at radius 3 is 2.04 bits per heavy atom. The van der Waals surface area contributed by atoms with E-state index in [1.807, 2.05) is 24.3 Å². The van der Waals surface area contributed by atoms with Crippen molar-refractivity contribution in [2.45, 2.75) is 38.0 Å². The van der Waals surface area contributed by atoms with Gasteiger partial charge in [0.25, 0.3) is 10.0 Å². The van der Waals surface area contributed by atoms with Crippen molar-refractivity contribution in [1.29, 1.82) is 0 Å². The van der Waals surface area contributed by atoms with Crippen LogP contribution in [0.2, 0.25) is 0 Å². The molecule has 0 fully saturated rings. The molecule has 0 amide bonds. The average Bonchev–Trinajstić information content (AvgIpc) is 2.52. The van der Waals surface area contributed by atoms with E-state index < -0.39 is 10.0 Å². The van der Waals surface area contributed by atoms with Crippen LogP contribution in [0.1, 0.15) is 38.8 Å². The predicted octanol–water partition coefficient (Wildman–Crippen LogP) is 4.45. The molecule has 0 aliphatic heterocycles. The van der Waals surface area contributed by atoms with Gasteiger partial charge in [-0.2, -0.15) is 18.4 Å². The van der Waals surface area contributed by atoms with Crippen LogP contribution in [0.15, 0.2) is 63.0 Å². The fourth-order valence-corrected chi connectivity index (χ4v) is 3.19. The van der Waals surface area contributed by atoms with Crippen molar-refractivity contribution in [2.75, 3.05) is 0 Å². The number of hydrogen-bond acceptors (Lipinski definition) is 3. The second-order valence-electron chi connectivity index (χ2n) is 6.57. The van der Waals surface area contributed by atoms with Gasteiger partial charge in [-0.1, -0.05) is 61.0 Å². The van der Waals surface area contributed by atoms with Crippen LogP contribution in [0.25, 0.3) is 0 Å². The van der Waals surface area contributed by atoms with Gasteiger partial charge >= 0.3 is 0 Å². The smallest absolute Gasteiger partial charge is 0.200 e. The third-order valence-electron chi connectivity index (χ3n) is 3.63. The highest BCUT2D eigenvalue weighted by Crippen LogP contribution is 2.22. The van der Waals surface area contributed by atoms with Crippen molar-refractivity contribution in [2.24, 2.45) is 5.10 Å². The molecule has 128 valence electrons. The van der Waals surface area contributed by atoms with Crippen LogP contribution >= 0.6 is 15.9 Å². The molecule has 6 heteroatoms. The van der Waals surface area contributed by atoms with Gasteiger partial charge < -0.3 is 0 Å². The Bertz CT molecular complexity index is 834. The van der Waals surface area contributed by atoms with Crippen molar-refractivity contribution in [3.8, 4) is 0 Å². The number of nitrogens with zero attached hydrogens (tertiary/aromatic N) is 1. The van der Waals surface area contributed by atoms with E-state index in [2.05, 4.69) is 46.6 Å². The van der Waals surface area contributed by atoms with Crippen molar-refractivity contribution >= 4 is 31.7 Å². The summed E-state index contributed by atoms with van der Waals surface area (Å²) in [5.41, 5.74) is 2.78. The predicted molar refractivity (Wildman–Crippen MR) is 102 cm³/mol. The quantitative estimate of drug-likeness (QED) is 0.599. The fraction of sp³-hybridized carbons (Fsp3) is 0.278. The molecular weight excluding hydrogens is 388 g/mol. The Labute approximate surface area is 152 Å². The minimum absolute atomic E-state index is 0.0761. The lowest BCUT2D eigenvalue weighted by Gasteiger charge is -2.19. The van der Waals surface area contributed by atoms with Crippen LogP contribution in [-0.4, -0.2) is 14.1 Å². The molecule has 0 spiro atoms. The van der Waals surface area contributed by atoms with E-state index in [0.29, 0.717) is 5.71 Å². The summed E-state index contributed by atoms with van der Waals surface area (Å²) < 4.78 is 25.3. The molecule has 2 rings (SSSR count). The summed E-state index contributed by atoms with van der Waals surface area (Å²) in [5, 5.41) is 4.02. The molecule has 0 aliphatic carbocycles. The molecule has 0 heterocycles. The maximum atomic E-state index is 12.2. The molecule has 0 saturated carbocycles. The molecule has 4 nitrogen and oxygen atoms in total. The molecule has 0 bridgehead atoms. The van der Waals surface area contributed by atoms with E-state index in [-0.39, 0.29) is 10.3 Å². The maximum Gasteiger partial charge on any atom is 0.276 e. The zero-order valence-electron chi connectivity index (χ0n) is 14.2. The number of rotatable bonds is 4. The molecule has 0 aromatic heterocycles. The highest BCUT2D eigenvalue weighted by molar-refractivity contribution is 9.10. The van der Waals surface area contributed by atoms with Crippen molar-refractivity contribution < 1.29 is 8.42 Å². The summed E-state index contributed by atoms with van der Waals surface area (Å²) in [6.07, 6.45) is 0. The van der Waals surface area contributed by atoms with E-state index >= 15 is 0 Å². The SMILES string of the molecule is CC(=NNS(=O)(=O)c1ccc(Br)cc1)c1ccc(C(C)(C)C)cc1. The Balaban J connectivity index is 2.17. The number of halogens is 1. The normalized spacial score (nSPS) is 13.0. The molecular formula is C18H21BrN2O2S. The van der Waals surface area contributed by atoms with E-state index in [9.17, 15) is 8.42 Å². The molecule has 0 radical (unpaired) electrons. The molecule has 2 aromatic carbocycles. The number of nitrogens with one attached hydrogen (secondary N) is 1. The average molecular weight is 409 g/mol. The Morgan fingerprint density at radius 1 is 1.00 bits per heavy atom. The summed E-state index contributed by atoms with van der Waals surface area (Å²) in [5.74, 6) is 0. The molecule has 24 heavy (non-hydrogen) atoms. The number of hydrazone groups is 1. The maximum absolute atomic E-state index is 12.2. The van der Waals surface area contributed by atoms with Crippen molar-refractivity contribution in [3.63, 3.8) is 0 Å². The van der Waals surface area contributed by atoms with Crippen LogP contribution in [0.4, 0.5) is 0 Å². The minimum Gasteiger partial charge on any atom is -0.200 e. The van der Waals surface area contributed by atoms with Crippen LogP contribution in [0.3, 0.4) is 0 Å². The minimum atomic E-state index is -3.67. The zero-order valence-corrected chi connectivity index (χ0v) is 16.6. The van der Waals surface area contributed by atoms with Gasteiger partial charge in [-0.25, -0.2) is 0 Å². The zero-order chi connectivity index (χ0) is 18.0. The van der Waals surface area contributed by atoms with Gasteiger partial charge in [0.05, 0.1) is 10.6 Å². The molecule has 2 aromatic rings. The van der Waals surface area contributed by atoms with Gasteiger partial charge in [-0.3, -0.25) is 0 Å². The monoisotopic (exact) mass is 408 g/mol. The second kappa shape index (κ2) is 7.07. The first-order chi connectivity index (χ1) is 11.1. The highest BCUT2D eigenvalue weighted by atomic mass is 79.9. The van der Waals surface area contributed by atoms with Crippen LogP contribution < -0.4 is 4.83 Å². The number of benzene rings is 2. The van der Waals surface area contributed by atoms with Gasteiger partial charge in [0.15, 0.2) is 0 Å². The van der Waals surface area contributed by atoms with Crippen LogP contribution in [-0.2, 0) is 15.4 Å². The summed E-state index contributed by atoms with van der Waals surface area (Å²) in [7, 11) is -3.67. The number of sulfonamides is 1. The fourth-order valence-electron chi connectivity index (χ4n) is 2.07. The van der Waals surface area contributed by atoms with Crippen LogP contribution in [0, 0.1) is 0 Å². The van der Waals surface area contributed by atoms with E-state index in [4.69, 9.17) is 0 Å². The first-order valence-corrected chi connectivity index (χ1v) is 9.80. The largest absolute Gasteiger partial charge is 0.276 e. The summed E-state index contributed by atoms with van der Waals surface area (Å²) >= 11 is 3.28. The molecule has 0 aliphatic rings. The van der Waals surface area contributed by atoms with E-state index in [1.54, 1.807) is 19.1 Å². The summed E-state index contributed by atoms with van der Waals surface area (Å²) in [6.45, 7) is 8.22. The summed E-state index contributed by atoms with van der Waals surface area (Å²) in [6, 6.07) is 14.4. The number of hydrogen-bond donors (Lipinski definition) is 1. The van der Waals surface area contributed by atoms with Gasteiger partial charge in [-0.15, -0.1) is 0 Å². The standard InChI is InChI=1S/C18H21BrN2O2S/c1-13(14-5-7-15(8-6-14)18(2,3)4)20-21-24(22,23)17-11-9-16(19)10-12-17/h5-12,21H,1-4H3. The van der Waals surface area contributed by atoms with E-state index in [1.165, 1.54) is 17.7 Å². The lowest BCUT2D eigenvalue weighted by molar-refractivity contribution is 0.584. The van der Waals surface area contributed by atoms with Crippen molar-refractivity contribution in [3.05, 3.63) is 64.1 Å². The topological polar surface area (TPSA) is 58.5 Å². The lowest BCUT2D eigenvalue weighted by atomic mass is 9.86. The Hall–Kier alpha value is -1.66. The van der Waals surface area contributed by atoms with Crippen molar-refractivity contribution in [1.82, 2.24) is 4.83 Å². The first kappa shape index (κ1) is 18.7. The molecule has 0 saturated heterocycles. The van der Waals surface area contributed by atoms with Crippen LogP contribution in [0.5, 0.6) is 0 Å². The van der Waals surface area contributed by atoms with Gasteiger partial charge in [0, 0.05) is 4.47 Å². The summed E-state index contributed by atoms with van der Waals surface area (Å²) in [4.78, 5) is 2.45. The van der Waals surface area contributed by atoms with Gasteiger partial charge in [-0.05, 0) is 47.7 Å². The third kappa shape index (κ3) is 4.68. The Kier molecular flexibility index (Phi) is 5.50. The lowest BCUT2D eigenvalue weighted by Crippen LogP contribution is -2.20. The third-order valence-corrected chi connectivity index (χ3v) is 5.38. The second-order valence-corrected chi connectivity index (χ2v) is 9.15. The molecule has 0 unspecified atom stereocenters. The highest BCUT2D eigenvalue weighted by Gasteiger charge is 2.14. The molecule has 0 atom stereocenters. The van der Waals surface area contributed by atoms with E-state index in [0.717, 1.165) is 10.0 Å². The van der Waals surface area contributed by atoms with Gasteiger partial charge in [0.1, 0.15) is 0 Å². The molecule has 1 N–H and O–H groups in total.